The molecule has 2 nitrogen and oxygen atoms in total. The van der Waals surface area contributed by atoms with Gasteiger partial charge in [0, 0.05) is 16.6 Å². The molecular weight excluding hydrogens is 216 g/mol. The van der Waals surface area contributed by atoms with Gasteiger partial charge in [0.1, 0.15) is 0 Å². The number of nitrogens with one attached hydrogen (secondary N) is 1. The molecular formula is C13H22N2S. The lowest BCUT2D eigenvalue weighted by molar-refractivity contribution is 0.586. The summed E-state index contributed by atoms with van der Waals surface area (Å²) in [6.45, 7) is 7.57. The molecule has 90 valence electrons. The highest BCUT2D eigenvalue weighted by Gasteiger charge is 2.00. The van der Waals surface area contributed by atoms with Gasteiger partial charge >= 0.3 is 0 Å². The Balaban J connectivity index is 2.29. The predicted octanol–water partition coefficient (Wildman–Crippen LogP) is 3.06. The minimum Gasteiger partial charge on any atom is -0.399 e. The molecule has 0 fully saturated rings. The number of rotatable bonds is 6. The fourth-order valence-corrected chi connectivity index (χ4v) is 2.44. The highest BCUT2D eigenvalue weighted by Crippen LogP contribution is 2.24. The highest BCUT2D eigenvalue weighted by molar-refractivity contribution is 7.99. The zero-order valence-corrected chi connectivity index (χ0v) is 11.2. The standard InChI is InChI=1S/C13H22N2S/c1-10(2)15-7-4-8-16-13-9-12(14)6-5-11(13)3/h5-6,9-10,15H,4,7-8,14H2,1-3H3. The fourth-order valence-electron chi connectivity index (χ4n) is 1.42. The monoisotopic (exact) mass is 238 g/mol. The predicted molar refractivity (Wildman–Crippen MR) is 74.1 cm³/mol. The van der Waals surface area contributed by atoms with Crippen molar-refractivity contribution in [3.05, 3.63) is 23.8 Å². The normalized spacial score (nSPS) is 11.0. The molecule has 0 radical (unpaired) electrons. The maximum Gasteiger partial charge on any atom is 0.0325 e. The van der Waals surface area contributed by atoms with Crippen molar-refractivity contribution in [3.63, 3.8) is 0 Å². The quantitative estimate of drug-likeness (QED) is 0.454. The van der Waals surface area contributed by atoms with Crippen molar-refractivity contribution in [1.29, 1.82) is 0 Å². The van der Waals surface area contributed by atoms with Gasteiger partial charge < -0.3 is 11.1 Å². The van der Waals surface area contributed by atoms with Crippen LogP contribution in [0.5, 0.6) is 0 Å². The number of hydrogen-bond acceptors (Lipinski definition) is 3. The third-order valence-corrected chi connectivity index (χ3v) is 3.59. The van der Waals surface area contributed by atoms with Crippen LogP contribution in [-0.4, -0.2) is 18.3 Å². The lowest BCUT2D eigenvalue weighted by Crippen LogP contribution is -2.23. The Morgan fingerprint density at radius 2 is 2.12 bits per heavy atom. The van der Waals surface area contributed by atoms with Crippen molar-refractivity contribution in [2.45, 2.75) is 38.1 Å². The fraction of sp³-hybridized carbons (Fsp3) is 0.538. The zero-order chi connectivity index (χ0) is 12.0. The number of benzene rings is 1. The zero-order valence-electron chi connectivity index (χ0n) is 10.4. The second kappa shape index (κ2) is 6.81. The Bertz CT molecular complexity index is 324. The summed E-state index contributed by atoms with van der Waals surface area (Å²) in [5.74, 6) is 1.14. The Kier molecular flexibility index (Phi) is 5.71. The lowest BCUT2D eigenvalue weighted by Gasteiger charge is -2.09. The topological polar surface area (TPSA) is 38.0 Å². The van der Waals surface area contributed by atoms with Crippen LogP contribution >= 0.6 is 11.8 Å². The summed E-state index contributed by atoms with van der Waals surface area (Å²) in [6, 6.07) is 6.69. The van der Waals surface area contributed by atoms with Crippen LogP contribution in [0, 0.1) is 6.92 Å². The van der Waals surface area contributed by atoms with Crippen molar-refractivity contribution in [2.24, 2.45) is 0 Å². The summed E-state index contributed by atoms with van der Waals surface area (Å²) in [4.78, 5) is 1.31. The van der Waals surface area contributed by atoms with E-state index in [1.165, 1.54) is 16.9 Å². The van der Waals surface area contributed by atoms with Crippen LogP contribution < -0.4 is 11.1 Å². The number of thioether (sulfide) groups is 1. The van der Waals surface area contributed by atoms with Crippen molar-refractivity contribution < 1.29 is 0 Å². The Morgan fingerprint density at radius 3 is 2.81 bits per heavy atom. The molecule has 1 aromatic rings. The first kappa shape index (κ1) is 13.4. The van der Waals surface area contributed by atoms with Gasteiger partial charge in [-0.25, -0.2) is 0 Å². The molecule has 0 aliphatic carbocycles. The first-order chi connectivity index (χ1) is 7.59. The Morgan fingerprint density at radius 1 is 1.38 bits per heavy atom. The van der Waals surface area contributed by atoms with Crippen molar-refractivity contribution >= 4 is 17.4 Å². The van der Waals surface area contributed by atoms with Gasteiger partial charge in [-0.3, -0.25) is 0 Å². The van der Waals surface area contributed by atoms with Crippen molar-refractivity contribution in [1.82, 2.24) is 5.32 Å². The van der Waals surface area contributed by atoms with E-state index in [0.29, 0.717) is 6.04 Å². The molecule has 0 aromatic heterocycles. The summed E-state index contributed by atoms with van der Waals surface area (Å²) < 4.78 is 0. The summed E-state index contributed by atoms with van der Waals surface area (Å²) >= 11 is 1.89. The molecule has 0 unspecified atom stereocenters. The first-order valence-corrected chi connectivity index (χ1v) is 6.80. The summed E-state index contributed by atoms with van der Waals surface area (Å²) in [5.41, 5.74) is 7.94. The molecule has 0 atom stereocenters. The second-order valence-electron chi connectivity index (χ2n) is 4.34. The van der Waals surface area contributed by atoms with Crippen LogP contribution in [0.15, 0.2) is 23.1 Å². The Labute approximate surface area is 103 Å². The molecule has 0 spiro atoms. The van der Waals surface area contributed by atoms with Gasteiger partial charge in [0.05, 0.1) is 0 Å². The number of nitrogens with two attached hydrogens (primary N) is 1. The second-order valence-corrected chi connectivity index (χ2v) is 5.47. The van der Waals surface area contributed by atoms with E-state index in [2.05, 4.69) is 38.2 Å². The van der Waals surface area contributed by atoms with Gasteiger partial charge in [0.25, 0.3) is 0 Å². The van der Waals surface area contributed by atoms with Gasteiger partial charge in [-0.15, -0.1) is 11.8 Å². The molecule has 0 heterocycles. The molecule has 0 saturated carbocycles. The third-order valence-electron chi connectivity index (χ3n) is 2.34. The van der Waals surface area contributed by atoms with E-state index in [9.17, 15) is 0 Å². The average Bonchev–Trinajstić information content (AvgIpc) is 2.22. The molecule has 3 N–H and O–H groups in total. The first-order valence-electron chi connectivity index (χ1n) is 5.82. The molecule has 0 bridgehead atoms. The van der Waals surface area contributed by atoms with Crippen LogP contribution in [0.1, 0.15) is 25.8 Å². The van der Waals surface area contributed by atoms with E-state index in [-0.39, 0.29) is 0 Å². The van der Waals surface area contributed by atoms with E-state index in [4.69, 9.17) is 5.73 Å². The van der Waals surface area contributed by atoms with Crippen LogP contribution in [0.25, 0.3) is 0 Å². The van der Waals surface area contributed by atoms with E-state index < -0.39 is 0 Å². The molecule has 16 heavy (non-hydrogen) atoms. The number of nitrogen functional groups attached to an aromatic ring is 1. The summed E-state index contributed by atoms with van der Waals surface area (Å²) in [5, 5.41) is 3.42. The number of hydrogen-bond donors (Lipinski definition) is 2. The van der Waals surface area contributed by atoms with E-state index in [0.717, 1.165) is 18.0 Å². The third kappa shape index (κ3) is 4.90. The minimum absolute atomic E-state index is 0.583. The van der Waals surface area contributed by atoms with Gasteiger partial charge in [-0.1, -0.05) is 19.9 Å². The highest BCUT2D eigenvalue weighted by atomic mass is 32.2. The molecule has 3 heteroatoms. The van der Waals surface area contributed by atoms with Gasteiger partial charge in [0.2, 0.25) is 0 Å². The number of aryl methyl sites for hydroxylation is 1. The van der Waals surface area contributed by atoms with Crippen molar-refractivity contribution in [3.8, 4) is 0 Å². The smallest absolute Gasteiger partial charge is 0.0325 e. The molecule has 1 aromatic carbocycles. The minimum atomic E-state index is 0.583. The van der Waals surface area contributed by atoms with Gasteiger partial charge in [-0.2, -0.15) is 0 Å². The summed E-state index contributed by atoms with van der Waals surface area (Å²) in [7, 11) is 0. The molecule has 0 amide bonds. The molecule has 1 rings (SSSR count). The molecule has 0 aliphatic rings. The largest absolute Gasteiger partial charge is 0.399 e. The average molecular weight is 238 g/mol. The SMILES string of the molecule is Cc1ccc(N)cc1SCCCNC(C)C. The molecule has 0 saturated heterocycles. The van der Waals surface area contributed by atoms with Crippen molar-refractivity contribution in [2.75, 3.05) is 18.0 Å². The maximum atomic E-state index is 5.77. The van der Waals surface area contributed by atoms with Crippen LogP contribution in [0.3, 0.4) is 0 Å². The van der Waals surface area contributed by atoms with Crippen LogP contribution in [-0.2, 0) is 0 Å². The van der Waals surface area contributed by atoms with E-state index in [1.807, 2.05) is 17.8 Å². The molecule has 0 aliphatic heterocycles. The van der Waals surface area contributed by atoms with Gasteiger partial charge in [-0.05, 0) is 43.3 Å². The van der Waals surface area contributed by atoms with E-state index in [1.54, 1.807) is 0 Å². The van der Waals surface area contributed by atoms with E-state index >= 15 is 0 Å². The maximum absolute atomic E-state index is 5.77. The lowest BCUT2D eigenvalue weighted by atomic mass is 10.2. The van der Waals surface area contributed by atoms with Gasteiger partial charge in [0.15, 0.2) is 0 Å². The number of anilines is 1. The summed E-state index contributed by atoms with van der Waals surface area (Å²) in [6.07, 6.45) is 1.19. The van der Waals surface area contributed by atoms with Crippen LogP contribution in [0.4, 0.5) is 5.69 Å². The Hall–Kier alpha value is -0.670. The van der Waals surface area contributed by atoms with Crippen LogP contribution in [0.2, 0.25) is 0 Å².